The molecule has 3 aromatic rings. The number of alkyl halides is 1. The molecular formula is C21H20ClNO3. The number of amides is 1. The monoisotopic (exact) mass is 369 g/mol. The van der Waals surface area contributed by atoms with Crippen LogP contribution in [0.3, 0.4) is 0 Å². The Morgan fingerprint density at radius 3 is 2.62 bits per heavy atom. The number of rotatable bonds is 6. The van der Waals surface area contributed by atoms with Crippen molar-refractivity contribution in [2.75, 3.05) is 5.88 Å². The first-order valence-corrected chi connectivity index (χ1v) is 9.00. The first-order valence-electron chi connectivity index (χ1n) is 8.47. The van der Waals surface area contributed by atoms with Crippen molar-refractivity contribution in [3.63, 3.8) is 0 Å². The van der Waals surface area contributed by atoms with Crippen LogP contribution >= 0.6 is 11.6 Å². The van der Waals surface area contributed by atoms with Crippen LogP contribution < -0.4 is 5.43 Å². The Morgan fingerprint density at radius 1 is 1.12 bits per heavy atom. The summed E-state index contributed by atoms with van der Waals surface area (Å²) in [6.45, 7) is 2.54. The van der Waals surface area contributed by atoms with Crippen LogP contribution in [-0.2, 0) is 17.9 Å². The fraction of sp³-hybridized carbons (Fsp3) is 0.238. The molecule has 26 heavy (non-hydrogen) atoms. The molecule has 134 valence electrons. The molecule has 3 rings (SSSR count). The van der Waals surface area contributed by atoms with E-state index in [1.165, 1.54) is 6.26 Å². The Morgan fingerprint density at radius 2 is 1.88 bits per heavy atom. The highest BCUT2D eigenvalue weighted by Crippen LogP contribution is 2.16. The number of halogens is 1. The lowest BCUT2D eigenvalue weighted by molar-refractivity contribution is -0.132. The van der Waals surface area contributed by atoms with Gasteiger partial charge in [0.2, 0.25) is 5.91 Å². The predicted molar refractivity (Wildman–Crippen MR) is 103 cm³/mol. The van der Waals surface area contributed by atoms with Gasteiger partial charge in [-0.25, -0.2) is 0 Å². The summed E-state index contributed by atoms with van der Waals surface area (Å²) in [7, 11) is 0. The van der Waals surface area contributed by atoms with Gasteiger partial charge < -0.3 is 9.32 Å². The number of hydrogen-bond donors (Lipinski definition) is 0. The van der Waals surface area contributed by atoms with Crippen LogP contribution in [-0.4, -0.2) is 16.7 Å². The normalized spacial score (nSPS) is 10.8. The summed E-state index contributed by atoms with van der Waals surface area (Å²) in [4.78, 5) is 27.0. The van der Waals surface area contributed by atoms with Crippen LogP contribution in [0.2, 0.25) is 0 Å². The minimum Gasteiger partial charge on any atom is -0.464 e. The molecule has 0 saturated carbocycles. The van der Waals surface area contributed by atoms with Crippen molar-refractivity contribution in [2.24, 2.45) is 0 Å². The smallest absolute Gasteiger partial charge is 0.224 e. The van der Waals surface area contributed by atoms with Gasteiger partial charge in [0.05, 0.1) is 23.8 Å². The average Bonchev–Trinajstić information content (AvgIpc) is 2.65. The van der Waals surface area contributed by atoms with E-state index in [1.807, 2.05) is 49.4 Å². The molecule has 0 atom stereocenters. The van der Waals surface area contributed by atoms with Gasteiger partial charge in [-0.15, -0.1) is 11.6 Å². The van der Waals surface area contributed by atoms with Gasteiger partial charge >= 0.3 is 0 Å². The van der Waals surface area contributed by atoms with Gasteiger partial charge in [-0.1, -0.05) is 42.0 Å². The fourth-order valence-corrected chi connectivity index (χ4v) is 3.04. The first kappa shape index (κ1) is 18.2. The van der Waals surface area contributed by atoms with Gasteiger partial charge in [0, 0.05) is 18.8 Å². The van der Waals surface area contributed by atoms with E-state index in [9.17, 15) is 9.59 Å². The third kappa shape index (κ3) is 4.14. The number of benzene rings is 2. The summed E-state index contributed by atoms with van der Waals surface area (Å²) in [5.41, 5.74) is 2.89. The van der Waals surface area contributed by atoms with E-state index in [1.54, 1.807) is 11.0 Å². The number of carbonyl (C=O) groups excluding carboxylic acids is 1. The molecule has 0 saturated heterocycles. The Balaban J connectivity index is 1.93. The topological polar surface area (TPSA) is 50.5 Å². The maximum atomic E-state index is 12.8. The number of carbonyl (C=O) groups is 1. The van der Waals surface area contributed by atoms with E-state index < -0.39 is 0 Å². The quantitative estimate of drug-likeness (QED) is 0.610. The Kier molecular flexibility index (Phi) is 5.74. The maximum absolute atomic E-state index is 12.8. The molecule has 0 spiro atoms. The molecule has 5 heteroatoms. The zero-order chi connectivity index (χ0) is 18.5. The summed E-state index contributed by atoms with van der Waals surface area (Å²) in [6, 6.07) is 15.2. The van der Waals surface area contributed by atoms with Gasteiger partial charge in [-0.05, 0) is 24.6 Å². The number of fused-ring (bicyclic) bond motifs is 1. The minimum atomic E-state index is -0.105. The zero-order valence-electron chi connectivity index (χ0n) is 14.6. The number of nitrogens with zero attached hydrogens (tertiary/aromatic N) is 1. The van der Waals surface area contributed by atoms with Crippen LogP contribution in [0, 0.1) is 6.92 Å². The molecule has 1 aromatic heterocycles. The van der Waals surface area contributed by atoms with E-state index in [0.717, 1.165) is 11.1 Å². The standard InChI is InChI=1S/C21H20ClNO3/c1-15-7-8-19-18(11-15)21(25)17(14-26-19)13-23(20(24)9-10-22)12-16-5-3-2-4-6-16/h2-8,11,14H,9-10,12-13H2,1H3. The Hall–Kier alpha value is -2.59. The Labute approximate surface area is 157 Å². The fourth-order valence-electron chi connectivity index (χ4n) is 2.87. The summed E-state index contributed by atoms with van der Waals surface area (Å²) in [5.74, 6) is 0.155. The van der Waals surface area contributed by atoms with Crippen LogP contribution in [0.5, 0.6) is 0 Å². The minimum absolute atomic E-state index is 0.0902. The lowest BCUT2D eigenvalue weighted by Crippen LogP contribution is -2.32. The van der Waals surface area contributed by atoms with E-state index in [2.05, 4.69) is 0 Å². The van der Waals surface area contributed by atoms with Crippen LogP contribution in [0.15, 0.2) is 64.0 Å². The van der Waals surface area contributed by atoms with Gasteiger partial charge in [-0.2, -0.15) is 0 Å². The molecular weight excluding hydrogens is 350 g/mol. The molecule has 1 heterocycles. The van der Waals surface area contributed by atoms with E-state index in [-0.39, 0.29) is 30.2 Å². The van der Waals surface area contributed by atoms with Gasteiger partial charge in [0.1, 0.15) is 5.58 Å². The molecule has 0 bridgehead atoms. The van der Waals surface area contributed by atoms with Crippen molar-refractivity contribution in [1.29, 1.82) is 0 Å². The predicted octanol–water partition coefficient (Wildman–Crippen LogP) is 4.26. The van der Waals surface area contributed by atoms with Crippen LogP contribution in [0.25, 0.3) is 11.0 Å². The van der Waals surface area contributed by atoms with Crippen molar-refractivity contribution in [3.8, 4) is 0 Å². The largest absolute Gasteiger partial charge is 0.464 e. The van der Waals surface area contributed by atoms with Crippen LogP contribution in [0.1, 0.15) is 23.1 Å². The second kappa shape index (κ2) is 8.19. The summed E-state index contributed by atoms with van der Waals surface area (Å²) in [5, 5.41) is 0.534. The van der Waals surface area contributed by atoms with E-state index in [4.69, 9.17) is 16.0 Å². The molecule has 0 unspecified atom stereocenters. The second-order valence-electron chi connectivity index (χ2n) is 6.26. The van der Waals surface area contributed by atoms with Crippen molar-refractivity contribution in [2.45, 2.75) is 26.4 Å². The molecule has 0 aliphatic carbocycles. The van der Waals surface area contributed by atoms with Crippen molar-refractivity contribution < 1.29 is 9.21 Å². The summed E-state index contributed by atoms with van der Waals surface area (Å²) < 4.78 is 5.61. The second-order valence-corrected chi connectivity index (χ2v) is 6.64. The molecule has 0 aliphatic rings. The van der Waals surface area contributed by atoms with Gasteiger partial charge in [0.25, 0.3) is 0 Å². The average molecular weight is 370 g/mol. The highest BCUT2D eigenvalue weighted by molar-refractivity contribution is 6.18. The van der Waals surface area contributed by atoms with Crippen molar-refractivity contribution in [1.82, 2.24) is 4.90 Å². The van der Waals surface area contributed by atoms with Gasteiger partial charge in [-0.3, -0.25) is 9.59 Å². The molecule has 0 aliphatic heterocycles. The lowest BCUT2D eigenvalue weighted by atomic mass is 10.1. The third-order valence-corrected chi connectivity index (χ3v) is 4.43. The first-order chi connectivity index (χ1) is 12.6. The molecule has 2 aromatic carbocycles. The lowest BCUT2D eigenvalue weighted by Gasteiger charge is -2.22. The molecule has 0 N–H and O–H groups in total. The molecule has 0 radical (unpaired) electrons. The SMILES string of the molecule is Cc1ccc2occ(CN(Cc3ccccc3)C(=O)CCCl)c(=O)c2c1. The third-order valence-electron chi connectivity index (χ3n) is 4.24. The van der Waals surface area contributed by atoms with Crippen molar-refractivity contribution in [3.05, 3.63) is 81.7 Å². The van der Waals surface area contributed by atoms with Crippen molar-refractivity contribution >= 4 is 28.5 Å². The summed E-state index contributed by atoms with van der Waals surface area (Å²) in [6.07, 6.45) is 1.68. The van der Waals surface area contributed by atoms with E-state index >= 15 is 0 Å². The number of hydrogen-bond acceptors (Lipinski definition) is 3. The zero-order valence-corrected chi connectivity index (χ0v) is 15.3. The van der Waals surface area contributed by atoms with Crippen LogP contribution in [0.4, 0.5) is 0 Å². The Bertz CT molecular complexity index is 966. The maximum Gasteiger partial charge on any atom is 0.224 e. The number of aryl methyl sites for hydroxylation is 1. The summed E-state index contributed by atoms with van der Waals surface area (Å²) >= 11 is 5.75. The van der Waals surface area contributed by atoms with E-state index in [0.29, 0.717) is 23.1 Å². The molecule has 4 nitrogen and oxygen atoms in total. The highest BCUT2D eigenvalue weighted by Gasteiger charge is 2.17. The molecule has 0 fully saturated rings. The highest BCUT2D eigenvalue weighted by atomic mass is 35.5. The van der Waals surface area contributed by atoms with Gasteiger partial charge in [0.15, 0.2) is 5.43 Å². The molecule has 1 amide bonds.